The summed E-state index contributed by atoms with van der Waals surface area (Å²) in [5, 5.41) is 9.32. The van der Waals surface area contributed by atoms with E-state index in [9.17, 15) is 5.11 Å². The Morgan fingerprint density at radius 1 is 1.43 bits per heavy atom. The first kappa shape index (κ1) is 9.08. The maximum absolute atomic E-state index is 9.32. The minimum Gasteiger partial charge on any atom is -0.508 e. The molecule has 0 spiro atoms. The monoisotopic (exact) mass is 253 g/mol. The fourth-order valence-corrected chi connectivity index (χ4v) is 1.65. The van der Waals surface area contributed by atoms with Crippen LogP contribution in [-0.2, 0) is 0 Å². The second-order valence-corrected chi connectivity index (χ2v) is 3.70. The third-order valence-corrected chi connectivity index (χ3v) is 2.53. The van der Waals surface area contributed by atoms with Crippen LogP contribution >= 0.6 is 15.9 Å². The topological polar surface area (TPSA) is 74.9 Å². The largest absolute Gasteiger partial charge is 0.508 e. The van der Waals surface area contributed by atoms with Crippen LogP contribution < -0.4 is 5.73 Å². The number of rotatable bonds is 1. The third-order valence-electron chi connectivity index (χ3n) is 1.84. The molecule has 0 saturated carbocycles. The standard InChI is InChI=1S/C9H8BrN3O/c10-7-2-1-5(14)3-6(7)8-4-12-9(11)13-8/h1-4,14H,(H3,11,12,13). The van der Waals surface area contributed by atoms with Crippen LogP contribution in [0.2, 0.25) is 0 Å². The molecule has 0 fully saturated rings. The van der Waals surface area contributed by atoms with Gasteiger partial charge in [0.1, 0.15) is 5.75 Å². The maximum atomic E-state index is 9.32. The Balaban J connectivity index is 2.55. The van der Waals surface area contributed by atoms with E-state index in [4.69, 9.17) is 5.73 Å². The number of halogens is 1. The molecule has 0 aliphatic rings. The first-order chi connectivity index (χ1) is 6.66. The summed E-state index contributed by atoms with van der Waals surface area (Å²) < 4.78 is 0.874. The second-order valence-electron chi connectivity index (χ2n) is 2.85. The quantitative estimate of drug-likeness (QED) is 0.729. The smallest absolute Gasteiger partial charge is 0.197 e. The Labute approximate surface area is 88.9 Å². The number of imidazole rings is 1. The molecule has 0 unspecified atom stereocenters. The number of nitrogens with zero attached hydrogens (tertiary/aromatic N) is 1. The first-order valence-corrected chi connectivity index (χ1v) is 4.75. The van der Waals surface area contributed by atoms with Crippen LogP contribution in [0.5, 0.6) is 5.75 Å². The van der Waals surface area contributed by atoms with Crippen molar-refractivity contribution in [1.82, 2.24) is 9.97 Å². The minimum atomic E-state index is 0.205. The molecular weight excluding hydrogens is 246 g/mol. The lowest BCUT2D eigenvalue weighted by Crippen LogP contribution is -1.86. The van der Waals surface area contributed by atoms with Gasteiger partial charge in [-0.1, -0.05) is 15.9 Å². The number of phenols is 1. The maximum Gasteiger partial charge on any atom is 0.197 e. The zero-order chi connectivity index (χ0) is 10.1. The Morgan fingerprint density at radius 2 is 2.21 bits per heavy atom. The van der Waals surface area contributed by atoms with Crippen LogP contribution in [0.4, 0.5) is 5.95 Å². The number of benzene rings is 1. The van der Waals surface area contributed by atoms with Gasteiger partial charge in [0.2, 0.25) is 0 Å². The number of phenolic OH excluding ortho intramolecular Hbond substituents is 1. The van der Waals surface area contributed by atoms with E-state index in [0.29, 0.717) is 5.95 Å². The van der Waals surface area contributed by atoms with Gasteiger partial charge in [0.25, 0.3) is 0 Å². The van der Waals surface area contributed by atoms with E-state index in [1.807, 2.05) is 0 Å². The predicted molar refractivity (Wildman–Crippen MR) is 57.8 cm³/mol. The highest BCUT2D eigenvalue weighted by atomic mass is 79.9. The van der Waals surface area contributed by atoms with Crippen molar-refractivity contribution in [3.8, 4) is 17.0 Å². The van der Waals surface area contributed by atoms with Crippen LogP contribution in [0.3, 0.4) is 0 Å². The van der Waals surface area contributed by atoms with E-state index in [1.54, 1.807) is 24.4 Å². The fraction of sp³-hybridized carbons (Fsp3) is 0. The lowest BCUT2D eigenvalue weighted by atomic mass is 10.1. The first-order valence-electron chi connectivity index (χ1n) is 3.96. The summed E-state index contributed by atoms with van der Waals surface area (Å²) in [5.74, 6) is 0.562. The molecule has 5 heteroatoms. The van der Waals surface area contributed by atoms with Crippen molar-refractivity contribution in [1.29, 1.82) is 0 Å². The summed E-state index contributed by atoms with van der Waals surface area (Å²) in [5.41, 5.74) is 7.06. The zero-order valence-electron chi connectivity index (χ0n) is 7.16. The zero-order valence-corrected chi connectivity index (χ0v) is 8.75. The molecular formula is C9H8BrN3O. The molecule has 2 rings (SSSR count). The molecule has 4 N–H and O–H groups in total. The second kappa shape index (κ2) is 3.34. The summed E-state index contributed by atoms with van der Waals surface area (Å²) >= 11 is 3.38. The molecule has 1 aromatic carbocycles. The molecule has 1 heterocycles. The van der Waals surface area contributed by atoms with Gasteiger partial charge >= 0.3 is 0 Å². The molecule has 2 aromatic rings. The van der Waals surface area contributed by atoms with Crippen LogP contribution in [0.1, 0.15) is 0 Å². The normalized spacial score (nSPS) is 10.4. The number of H-pyrrole nitrogens is 1. The number of nitrogens with one attached hydrogen (secondary N) is 1. The summed E-state index contributed by atoms with van der Waals surface area (Å²) in [6.45, 7) is 0. The van der Waals surface area contributed by atoms with E-state index in [0.717, 1.165) is 15.7 Å². The van der Waals surface area contributed by atoms with Crippen LogP contribution in [0.15, 0.2) is 28.9 Å². The third kappa shape index (κ3) is 1.58. The van der Waals surface area contributed by atoms with Crippen molar-refractivity contribution in [3.63, 3.8) is 0 Å². The molecule has 1 aromatic heterocycles. The lowest BCUT2D eigenvalue weighted by Gasteiger charge is -2.01. The summed E-state index contributed by atoms with van der Waals surface area (Å²) in [4.78, 5) is 6.77. The summed E-state index contributed by atoms with van der Waals surface area (Å²) in [7, 11) is 0. The van der Waals surface area contributed by atoms with E-state index in [-0.39, 0.29) is 5.75 Å². The average molecular weight is 254 g/mol. The summed E-state index contributed by atoms with van der Waals surface area (Å²) in [6, 6.07) is 5.01. The van der Waals surface area contributed by atoms with Crippen molar-refractivity contribution >= 4 is 21.9 Å². The number of aromatic amines is 1. The number of anilines is 1. The molecule has 0 saturated heterocycles. The Kier molecular flexibility index (Phi) is 2.17. The van der Waals surface area contributed by atoms with Gasteiger partial charge in [0.15, 0.2) is 5.95 Å². The van der Waals surface area contributed by atoms with E-state index >= 15 is 0 Å². The Bertz CT molecular complexity index is 467. The molecule has 0 aliphatic heterocycles. The molecule has 72 valence electrons. The number of aromatic nitrogens is 2. The van der Waals surface area contributed by atoms with Gasteiger partial charge in [-0.05, 0) is 18.2 Å². The van der Waals surface area contributed by atoms with Crippen LogP contribution in [0, 0.1) is 0 Å². The number of aromatic hydroxyl groups is 1. The number of hydrogen-bond donors (Lipinski definition) is 3. The van der Waals surface area contributed by atoms with Gasteiger partial charge in [-0.25, -0.2) is 4.98 Å². The Hall–Kier alpha value is -1.49. The number of nitrogen functional groups attached to an aromatic ring is 1. The average Bonchev–Trinajstić information content (AvgIpc) is 2.56. The highest BCUT2D eigenvalue weighted by Gasteiger charge is 2.06. The van der Waals surface area contributed by atoms with Gasteiger partial charge < -0.3 is 15.8 Å². The van der Waals surface area contributed by atoms with Crippen LogP contribution in [0.25, 0.3) is 11.3 Å². The van der Waals surface area contributed by atoms with Crippen molar-refractivity contribution in [2.24, 2.45) is 0 Å². The van der Waals surface area contributed by atoms with Gasteiger partial charge in [-0.15, -0.1) is 0 Å². The molecule has 0 amide bonds. The highest BCUT2D eigenvalue weighted by molar-refractivity contribution is 9.10. The molecule has 0 radical (unpaired) electrons. The van der Waals surface area contributed by atoms with Gasteiger partial charge in [0, 0.05) is 10.0 Å². The minimum absolute atomic E-state index is 0.205. The van der Waals surface area contributed by atoms with Crippen molar-refractivity contribution in [2.45, 2.75) is 0 Å². The van der Waals surface area contributed by atoms with Gasteiger partial charge in [-0.2, -0.15) is 0 Å². The van der Waals surface area contributed by atoms with E-state index < -0.39 is 0 Å². The van der Waals surface area contributed by atoms with Crippen molar-refractivity contribution in [3.05, 3.63) is 28.9 Å². The molecule has 0 atom stereocenters. The predicted octanol–water partition coefficient (Wildman–Crippen LogP) is 2.13. The van der Waals surface area contributed by atoms with Gasteiger partial charge in [0.05, 0.1) is 11.9 Å². The number of hydrogen-bond acceptors (Lipinski definition) is 3. The SMILES string of the molecule is Nc1ncc(-c2cc(O)ccc2Br)[nH]1. The summed E-state index contributed by atoms with van der Waals surface area (Å²) in [6.07, 6.45) is 1.62. The van der Waals surface area contributed by atoms with Gasteiger partial charge in [-0.3, -0.25) is 0 Å². The molecule has 0 bridgehead atoms. The van der Waals surface area contributed by atoms with E-state index in [2.05, 4.69) is 25.9 Å². The number of nitrogens with two attached hydrogens (primary N) is 1. The molecule has 4 nitrogen and oxygen atoms in total. The van der Waals surface area contributed by atoms with E-state index in [1.165, 1.54) is 0 Å². The molecule has 14 heavy (non-hydrogen) atoms. The Morgan fingerprint density at radius 3 is 2.86 bits per heavy atom. The molecule has 0 aliphatic carbocycles. The van der Waals surface area contributed by atoms with Crippen molar-refractivity contribution in [2.75, 3.05) is 5.73 Å². The van der Waals surface area contributed by atoms with Crippen LogP contribution in [-0.4, -0.2) is 15.1 Å². The highest BCUT2D eigenvalue weighted by Crippen LogP contribution is 2.30. The fourth-order valence-electron chi connectivity index (χ4n) is 1.19. The lowest BCUT2D eigenvalue weighted by molar-refractivity contribution is 0.475. The van der Waals surface area contributed by atoms with Crippen molar-refractivity contribution < 1.29 is 5.11 Å².